The Hall–Kier alpha value is -0.860. The second-order valence-electron chi connectivity index (χ2n) is 5.28. The number of hydrogen-bond donors (Lipinski definition) is 1. The van der Waals surface area contributed by atoms with Gasteiger partial charge in [0.25, 0.3) is 0 Å². The molecule has 0 heterocycles. The molecule has 1 aromatic carbocycles. The van der Waals surface area contributed by atoms with Crippen molar-refractivity contribution in [1.82, 2.24) is 0 Å². The molecule has 1 aromatic rings. The van der Waals surface area contributed by atoms with E-state index in [-0.39, 0.29) is 12.1 Å². The van der Waals surface area contributed by atoms with Crippen LogP contribution >= 0.6 is 0 Å². The molecule has 0 amide bonds. The van der Waals surface area contributed by atoms with Crippen LogP contribution < -0.4 is 5.73 Å². The summed E-state index contributed by atoms with van der Waals surface area (Å²) in [6.45, 7) is 5.14. The van der Waals surface area contributed by atoms with Crippen LogP contribution in [0.2, 0.25) is 0 Å². The fraction of sp³-hybridized carbons (Fsp3) is 0.647. The monoisotopic (exact) mass is 263 g/mol. The number of hydrogen-bond acceptors (Lipinski definition) is 2. The van der Waals surface area contributed by atoms with Crippen molar-refractivity contribution in [2.24, 2.45) is 5.73 Å². The van der Waals surface area contributed by atoms with Gasteiger partial charge in [0, 0.05) is 6.61 Å². The number of benzene rings is 1. The molecule has 19 heavy (non-hydrogen) atoms. The average molecular weight is 263 g/mol. The summed E-state index contributed by atoms with van der Waals surface area (Å²) >= 11 is 0. The van der Waals surface area contributed by atoms with Crippen LogP contribution in [0.25, 0.3) is 0 Å². The Morgan fingerprint density at radius 2 is 1.63 bits per heavy atom. The van der Waals surface area contributed by atoms with Gasteiger partial charge >= 0.3 is 0 Å². The van der Waals surface area contributed by atoms with Gasteiger partial charge in [0.15, 0.2) is 0 Å². The van der Waals surface area contributed by atoms with Crippen LogP contribution in [0, 0.1) is 0 Å². The Morgan fingerprint density at radius 3 is 2.32 bits per heavy atom. The zero-order valence-corrected chi connectivity index (χ0v) is 12.5. The Morgan fingerprint density at radius 1 is 1.00 bits per heavy atom. The first-order valence-corrected chi connectivity index (χ1v) is 7.67. The smallest absolute Gasteiger partial charge is 0.0739 e. The van der Waals surface area contributed by atoms with Crippen molar-refractivity contribution in [1.29, 1.82) is 0 Å². The highest BCUT2D eigenvalue weighted by atomic mass is 16.5. The van der Waals surface area contributed by atoms with Crippen molar-refractivity contribution in [3.05, 3.63) is 35.9 Å². The summed E-state index contributed by atoms with van der Waals surface area (Å²) < 4.78 is 5.84. The van der Waals surface area contributed by atoms with E-state index in [0.29, 0.717) is 0 Å². The van der Waals surface area contributed by atoms with Crippen LogP contribution in [0.4, 0.5) is 0 Å². The minimum Gasteiger partial charge on any atom is -0.377 e. The van der Waals surface area contributed by atoms with Crippen molar-refractivity contribution in [2.45, 2.75) is 64.5 Å². The summed E-state index contributed by atoms with van der Waals surface area (Å²) in [6, 6.07) is 10.2. The number of rotatable bonds is 10. The van der Waals surface area contributed by atoms with Gasteiger partial charge in [-0.1, -0.05) is 69.4 Å². The van der Waals surface area contributed by atoms with E-state index in [1.54, 1.807) is 0 Å². The molecule has 2 unspecified atom stereocenters. The lowest BCUT2D eigenvalue weighted by Gasteiger charge is -2.20. The fourth-order valence-corrected chi connectivity index (χ4v) is 2.20. The number of unbranched alkanes of at least 4 members (excludes halogenated alkanes) is 5. The van der Waals surface area contributed by atoms with Gasteiger partial charge in [-0.15, -0.1) is 0 Å². The minimum absolute atomic E-state index is 0.0266. The summed E-state index contributed by atoms with van der Waals surface area (Å²) in [5.41, 5.74) is 7.34. The predicted octanol–water partition coefficient (Wildman–Crippen LogP) is 4.45. The van der Waals surface area contributed by atoms with Crippen molar-refractivity contribution in [3.63, 3.8) is 0 Å². The molecule has 108 valence electrons. The molecule has 0 fully saturated rings. The van der Waals surface area contributed by atoms with E-state index in [0.717, 1.165) is 18.6 Å². The lowest BCUT2D eigenvalue weighted by Crippen LogP contribution is -2.26. The molecule has 0 bridgehead atoms. The average Bonchev–Trinajstić information content (AvgIpc) is 2.46. The topological polar surface area (TPSA) is 35.2 Å². The SMILES string of the molecule is CCCCCCCCOC(C)C(N)c1ccccc1. The Kier molecular flexibility index (Phi) is 8.52. The van der Waals surface area contributed by atoms with Crippen molar-refractivity contribution < 1.29 is 4.74 Å². The molecule has 0 spiro atoms. The molecule has 2 heteroatoms. The van der Waals surface area contributed by atoms with Crippen LogP contribution in [0.1, 0.15) is 64.0 Å². The van der Waals surface area contributed by atoms with E-state index in [2.05, 4.69) is 26.0 Å². The second-order valence-corrected chi connectivity index (χ2v) is 5.28. The first-order chi connectivity index (χ1) is 9.25. The molecule has 0 aromatic heterocycles. The van der Waals surface area contributed by atoms with E-state index in [1.807, 2.05) is 18.2 Å². The first kappa shape index (κ1) is 16.2. The highest BCUT2D eigenvalue weighted by molar-refractivity contribution is 5.19. The predicted molar refractivity (Wildman–Crippen MR) is 82.2 cm³/mol. The zero-order valence-electron chi connectivity index (χ0n) is 12.5. The van der Waals surface area contributed by atoms with E-state index >= 15 is 0 Å². The normalized spacial score (nSPS) is 14.3. The van der Waals surface area contributed by atoms with Gasteiger partial charge in [-0.25, -0.2) is 0 Å². The molecule has 1 rings (SSSR count). The van der Waals surface area contributed by atoms with Crippen molar-refractivity contribution >= 4 is 0 Å². The van der Waals surface area contributed by atoms with E-state index < -0.39 is 0 Å². The minimum atomic E-state index is -0.0266. The van der Waals surface area contributed by atoms with E-state index in [4.69, 9.17) is 10.5 Å². The standard InChI is InChI=1S/C17H29NO/c1-3-4-5-6-7-11-14-19-15(2)17(18)16-12-9-8-10-13-16/h8-10,12-13,15,17H,3-7,11,14,18H2,1-2H3. The molecule has 0 aliphatic carbocycles. The lowest BCUT2D eigenvalue weighted by atomic mass is 10.0. The summed E-state index contributed by atoms with van der Waals surface area (Å²) in [4.78, 5) is 0. The summed E-state index contributed by atoms with van der Waals surface area (Å²) in [6.07, 6.45) is 7.85. The highest BCUT2D eigenvalue weighted by Gasteiger charge is 2.14. The van der Waals surface area contributed by atoms with Crippen LogP contribution in [0.5, 0.6) is 0 Å². The Bertz CT molecular complexity index is 312. The maximum Gasteiger partial charge on any atom is 0.0739 e. The fourth-order valence-electron chi connectivity index (χ4n) is 2.20. The zero-order chi connectivity index (χ0) is 13.9. The second kappa shape index (κ2) is 9.99. The van der Waals surface area contributed by atoms with Crippen LogP contribution in [0.3, 0.4) is 0 Å². The number of nitrogens with two attached hydrogens (primary N) is 1. The van der Waals surface area contributed by atoms with Gasteiger partial charge < -0.3 is 10.5 Å². The van der Waals surface area contributed by atoms with E-state index in [9.17, 15) is 0 Å². The van der Waals surface area contributed by atoms with Crippen LogP contribution in [-0.2, 0) is 4.74 Å². The third-order valence-corrected chi connectivity index (χ3v) is 3.57. The van der Waals surface area contributed by atoms with Gasteiger partial charge in [0.05, 0.1) is 12.1 Å². The molecule has 2 nitrogen and oxygen atoms in total. The van der Waals surface area contributed by atoms with Gasteiger partial charge in [0.2, 0.25) is 0 Å². The summed E-state index contributed by atoms with van der Waals surface area (Å²) in [7, 11) is 0. The largest absolute Gasteiger partial charge is 0.377 e. The molecule has 2 atom stereocenters. The maximum atomic E-state index is 6.19. The number of ether oxygens (including phenoxy) is 1. The maximum absolute atomic E-state index is 6.19. The lowest BCUT2D eigenvalue weighted by molar-refractivity contribution is 0.0454. The third kappa shape index (κ3) is 6.74. The van der Waals surface area contributed by atoms with Crippen LogP contribution in [-0.4, -0.2) is 12.7 Å². The molecule has 0 saturated carbocycles. The molecule has 0 aliphatic rings. The first-order valence-electron chi connectivity index (χ1n) is 7.67. The van der Waals surface area contributed by atoms with Crippen molar-refractivity contribution in [2.75, 3.05) is 6.61 Å². The molecule has 0 radical (unpaired) electrons. The van der Waals surface area contributed by atoms with Crippen LogP contribution in [0.15, 0.2) is 30.3 Å². The quantitative estimate of drug-likeness (QED) is 0.633. The summed E-state index contributed by atoms with van der Waals surface area (Å²) in [5.74, 6) is 0. The van der Waals surface area contributed by atoms with Crippen molar-refractivity contribution in [3.8, 4) is 0 Å². The van der Waals surface area contributed by atoms with Gasteiger partial charge in [0.1, 0.15) is 0 Å². The Labute approximate surface area is 118 Å². The molecule has 0 aliphatic heterocycles. The molecular formula is C17H29NO. The van der Waals surface area contributed by atoms with Gasteiger partial charge in [-0.2, -0.15) is 0 Å². The molecule has 0 saturated heterocycles. The molecule has 2 N–H and O–H groups in total. The third-order valence-electron chi connectivity index (χ3n) is 3.57. The molecular weight excluding hydrogens is 234 g/mol. The van der Waals surface area contributed by atoms with E-state index in [1.165, 1.54) is 32.1 Å². The summed E-state index contributed by atoms with van der Waals surface area (Å²) in [5, 5.41) is 0. The highest BCUT2D eigenvalue weighted by Crippen LogP contribution is 2.16. The van der Waals surface area contributed by atoms with Gasteiger partial charge in [-0.05, 0) is 18.9 Å². The Balaban J connectivity index is 2.12. The van der Waals surface area contributed by atoms with Gasteiger partial charge in [-0.3, -0.25) is 0 Å².